The van der Waals surface area contributed by atoms with Gasteiger partial charge in [0.15, 0.2) is 0 Å². The third-order valence-electron chi connectivity index (χ3n) is 4.25. The van der Waals surface area contributed by atoms with Gasteiger partial charge in [-0.25, -0.2) is 4.98 Å². The fourth-order valence-electron chi connectivity index (χ4n) is 3.18. The van der Waals surface area contributed by atoms with Crippen LogP contribution in [0, 0.1) is 0 Å². The van der Waals surface area contributed by atoms with Crippen molar-refractivity contribution in [3.63, 3.8) is 0 Å². The molecule has 3 aromatic rings. The molecule has 0 aliphatic heterocycles. The molecule has 0 amide bonds. The van der Waals surface area contributed by atoms with Crippen molar-refractivity contribution < 1.29 is 0 Å². The first-order chi connectivity index (χ1) is 9.18. The summed E-state index contributed by atoms with van der Waals surface area (Å²) in [7, 11) is 0. The van der Waals surface area contributed by atoms with Crippen LogP contribution in [0.15, 0.2) is 54.6 Å². The Hall–Kier alpha value is -2.15. The monoisotopic (exact) mass is 245 g/mol. The van der Waals surface area contributed by atoms with Gasteiger partial charge in [-0.15, -0.1) is 0 Å². The van der Waals surface area contributed by atoms with Crippen molar-refractivity contribution in [1.82, 2.24) is 4.98 Å². The van der Waals surface area contributed by atoms with Crippen molar-refractivity contribution in [2.75, 3.05) is 0 Å². The number of para-hydroxylation sites is 1. The van der Waals surface area contributed by atoms with Crippen LogP contribution >= 0.6 is 0 Å². The first kappa shape index (κ1) is 10.7. The quantitative estimate of drug-likeness (QED) is 0.566. The van der Waals surface area contributed by atoms with Gasteiger partial charge >= 0.3 is 0 Å². The molecule has 0 unspecified atom stereocenters. The van der Waals surface area contributed by atoms with Gasteiger partial charge in [-0.1, -0.05) is 56.3 Å². The third-order valence-corrected chi connectivity index (χ3v) is 4.25. The number of aromatic nitrogens is 1. The second-order valence-corrected chi connectivity index (χ2v) is 5.75. The number of nitrogens with zero attached hydrogens (tertiary/aromatic N) is 1. The summed E-state index contributed by atoms with van der Waals surface area (Å²) >= 11 is 0. The molecule has 1 aromatic heterocycles. The van der Waals surface area contributed by atoms with E-state index in [1.54, 1.807) is 0 Å². The maximum absolute atomic E-state index is 4.89. The highest BCUT2D eigenvalue weighted by molar-refractivity contribution is 5.88. The van der Waals surface area contributed by atoms with Gasteiger partial charge in [0.25, 0.3) is 0 Å². The lowest BCUT2D eigenvalue weighted by Crippen LogP contribution is -2.14. The average molecular weight is 245 g/mol. The number of pyridine rings is 1. The lowest BCUT2D eigenvalue weighted by molar-refractivity contribution is 0.660. The molecule has 1 heteroatoms. The van der Waals surface area contributed by atoms with Crippen LogP contribution in [-0.2, 0) is 5.41 Å². The Kier molecular flexibility index (Phi) is 1.95. The molecule has 1 aliphatic carbocycles. The maximum Gasteiger partial charge on any atom is 0.0753 e. The molecule has 0 bridgehead atoms. The van der Waals surface area contributed by atoms with Crippen LogP contribution in [0.4, 0.5) is 0 Å². The molecule has 0 radical (unpaired) electrons. The van der Waals surface area contributed by atoms with Crippen molar-refractivity contribution in [3.8, 4) is 11.3 Å². The second kappa shape index (κ2) is 3.45. The number of hydrogen-bond donors (Lipinski definition) is 0. The highest BCUT2D eigenvalue weighted by atomic mass is 14.7. The zero-order valence-electron chi connectivity index (χ0n) is 11.1. The Morgan fingerprint density at radius 3 is 2.47 bits per heavy atom. The Morgan fingerprint density at radius 2 is 1.58 bits per heavy atom. The first-order valence-corrected chi connectivity index (χ1v) is 6.68. The molecule has 0 fully saturated rings. The molecule has 1 aliphatic rings. The molecule has 4 rings (SSSR count). The minimum atomic E-state index is 0.0446. The lowest BCUT2D eigenvalue weighted by atomic mass is 9.82. The maximum atomic E-state index is 4.89. The van der Waals surface area contributed by atoms with E-state index in [0.717, 1.165) is 11.2 Å². The highest BCUT2D eigenvalue weighted by Gasteiger charge is 2.36. The summed E-state index contributed by atoms with van der Waals surface area (Å²) in [6.45, 7) is 4.57. The van der Waals surface area contributed by atoms with E-state index in [2.05, 4.69) is 62.4 Å². The average Bonchev–Trinajstić information content (AvgIpc) is 2.66. The minimum absolute atomic E-state index is 0.0446. The summed E-state index contributed by atoms with van der Waals surface area (Å²) in [5.41, 5.74) is 6.28. The fourth-order valence-corrected chi connectivity index (χ4v) is 3.18. The molecule has 0 atom stereocenters. The van der Waals surface area contributed by atoms with E-state index in [-0.39, 0.29) is 5.41 Å². The van der Waals surface area contributed by atoms with Crippen molar-refractivity contribution in [3.05, 3.63) is 65.7 Å². The van der Waals surface area contributed by atoms with Crippen LogP contribution in [0.1, 0.15) is 25.0 Å². The first-order valence-electron chi connectivity index (χ1n) is 6.68. The molecular weight excluding hydrogens is 230 g/mol. The van der Waals surface area contributed by atoms with Gasteiger partial charge < -0.3 is 0 Å². The smallest absolute Gasteiger partial charge is 0.0753 e. The summed E-state index contributed by atoms with van der Waals surface area (Å²) in [5, 5.41) is 1.22. The van der Waals surface area contributed by atoms with E-state index >= 15 is 0 Å². The predicted octanol–water partition coefficient (Wildman–Crippen LogP) is 4.54. The summed E-state index contributed by atoms with van der Waals surface area (Å²) in [6, 6.07) is 19.3. The molecule has 1 heterocycles. The van der Waals surface area contributed by atoms with Crippen LogP contribution in [0.25, 0.3) is 22.2 Å². The molecule has 0 saturated heterocycles. The van der Waals surface area contributed by atoms with E-state index in [1.165, 1.54) is 22.1 Å². The summed E-state index contributed by atoms with van der Waals surface area (Å²) in [5.74, 6) is 0. The van der Waals surface area contributed by atoms with E-state index in [1.807, 2.05) is 6.07 Å². The van der Waals surface area contributed by atoms with E-state index in [4.69, 9.17) is 4.98 Å². The molecule has 1 nitrogen and oxygen atoms in total. The zero-order valence-corrected chi connectivity index (χ0v) is 11.1. The Morgan fingerprint density at radius 1 is 0.842 bits per heavy atom. The van der Waals surface area contributed by atoms with E-state index < -0.39 is 0 Å². The van der Waals surface area contributed by atoms with E-state index in [0.29, 0.717) is 0 Å². The zero-order chi connectivity index (χ0) is 13.0. The van der Waals surface area contributed by atoms with Crippen LogP contribution in [0.5, 0.6) is 0 Å². The minimum Gasteiger partial charge on any atom is -0.247 e. The Labute approximate surface area is 112 Å². The number of benzene rings is 2. The largest absolute Gasteiger partial charge is 0.247 e. The van der Waals surface area contributed by atoms with Crippen molar-refractivity contribution in [1.29, 1.82) is 0 Å². The standard InChI is InChI=1S/C18H15N/c1-18(2)14-9-5-4-8-13(14)17-15(18)11-12-7-3-6-10-16(12)19-17/h3-11H,1-2H3. The molecule has 0 spiro atoms. The summed E-state index contributed by atoms with van der Waals surface area (Å²) < 4.78 is 0. The van der Waals surface area contributed by atoms with E-state index in [9.17, 15) is 0 Å². The van der Waals surface area contributed by atoms with Crippen LogP contribution in [0.3, 0.4) is 0 Å². The highest BCUT2D eigenvalue weighted by Crippen LogP contribution is 2.48. The summed E-state index contributed by atoms with van der Waals surface area (Å²) in [6.07, 6.45) is 0. The van der Waals surface area contributed by atoms with Crippen molar-refractivity contribution in [2.24, 2.45) is 0 Å². The van der Waals surface area contributed by atoms with Gasteiger partial charge in [-0.3, -0.25) is 0 Å². The summed E-state index contributed by atoms with van der Waals surface area (Å²) in [4.78, 5) is 4.89. The van der Waals surface area contributed by atoms with Gasteiger partial charge in [-0.2, -0.15) is 0 Å². The van der Waals surface area contributed by atoms with Gasteiger partial charge in [0, 0.05) is 16.4 Å². The van der Waals surface area contributed by atoms with Gasteiger partial charge in [0.05, 0.1) is 11.2 Å². The third kappa shape index (κ3) is 1.33. The molecular formula is C18H15N. The molecule has 92 valence electrons. The Bertz CT molecular complexity index is 800. The van der Waals surface area contributed by atoms with Crippen LogP contribution in [-0.4, -0.2) is 4.98 Å². The van der Waals surface area contributed by atoms with Gasteiger partial charge in [0.2, 0.25) is 0 Å². The fraction of sp³-hybridized carbons (Fsp3) is 0.167. The lowest BCUT2D eigenvalue weighted by Gasteiger charge is -2.21. The topological polar surface area (TPSA) is 12.9 Å². The number of hydrogen-bond acceptors (Lipinski definition) is 1. The molecule has 19 heavy (non-hydrogen) atoms. The van der Waals surface area contributed by atoms with Crippen LogP contribution in [0.2, 0.25) is 0 Å². The van der Waals surface area contributed by atoms with Crippen molar-refractivity contribution >= 4 is 10.9 Å². The second-order valence-electron chi connectivity index (χ2n) is 5.75. The number of rotatable bonds is 0. The van der Waals surface area contributed by atoms with Gasteiger partial charge in [-0.05, 0) is 23.3 Å². The molecule has 0 N–H and O–H groups in total. The normalized spacial score (nSPS) is 15.3. The van der Waals surface area contributed by atoms with Crippen LogP contribution < -0.4 is 0 Å². The molecule has 2 aromatic carbocycles. The number of fused-ring (bicyclic) bond motifs is 4. The Balaban J connectivity index is 2.15. The van der Waals surface area contributed by atoms with Gasteiger partial charge in [0.1, 0.15) is 0 Å². The predicted molar refractivity (Wildman–Crippen MR) is 79.3 cm³/mol. The molecule has 0 saturated carbocycles. The SMILES string of the molecule is CC1(C)c2ccccc2-c2nc3ccccc3cc21. The van der Waals surface area contributed by atoms with Crippen molar-refractivity contribution in [2.45, 2.75) is 19.3 Å².